The van der Waals surface area contributed by atoms with Crippen molar-refractivity contribution in [3.05, 3.63) is 60.4 Å². The van der Waals surface area contributed by atoms with Crippen LogP contribution in [0.2, 0.25) is 0 Å². The van der Waals surface area contributed by atoms with Crippen molar-refractivity contribution in [2.75, 3.05) is 7.11 Å². The minimum atomic E-state index is -0.659. The van der Waals surface area contributed by atoms with E-state index in [0.29, 0.717) is 20.7 Å². The molecule has 22 heavy (non-hydrogen) atoms. The summed E-state index contributed by atoms with van der Waals surface area (Å²) in [5.41, 5.74) is 1.16. The molecule has 0 aliphatic rings. The van der Waals surface area contributed by atoms with E-state index in [0.717, 1.165) is 0 Å². The standard InChI is InChI=1S/C16H12F2N2O2/c1-22-16(21)15-11(13-7-3-9-19(13)17)5-2-6-12(15)14-8-4-10-20(14)18/h2-10H,1H3. The lowest BCUT2D eigenvalue weighted by molar-refractivity contribution is 0.0602. The fraction of sp³-hybridized carbons (Fsp3) is 0.0625. The third-order valence-corrected chi connectivity index (χ3v) is 3.41. The zero-order valence-corrected chi connectivity index (χ0v) is 11.7. The number of carbonyl (C=O) groups is 1. The van der Waals surface area contributed by atoms with Gasteiger partial charge in [-0.15, -0.1) is 0 Å². The molecule has 0 amide bonds. The van der Waals surface area contributed by atoms with E-state index in [1.807, 2.05) is 0 Å². The fourth-order valence-corrected chi connectivity index (χ4v) is 2.43. The molecule has 3 aromatic rings. The van der Waals surface area contributed by atoms with Crippen LogP contribution in [-0.4, -0.2) is 22.7 Å². The van der Waals surface area contributed by atoms with Gasteiger partial charge in [0.25, 0.3) is 0 Å². The van der Waals surface area contributed by atoms with Crippen LogP contribution in [0.1, 0.15) is 10.4 Å². The van der Waals surface area contributed by atoms with Crippen LogP contribution in [0, 0.1) is 0 Å². The third kappa shape index (κ3) is 2.18. The second-order valence-electron chi connectivity index (χ2n) is 4.63. The molecule has 2 aromatic heterocycles. The van der Waals surface area contributed by atoms with Crippen LogP contribution in [0.25, 0.3) is 22.5 Å². The highest BCUT2D eigenvalue weighted by Crippen LogP contribution is 2.33. The summed E-state index contributed by atoms with van der Waals surface area (Å²) in [5, 5.41) is 0. The fourth-order valence-electron chi connectivity index (χ4n) is 2.43. The smallest absolute Gasteiger partial charge is 0.339 e. The van der Waals surface area contributed by atoms with Gasteiger partial charge in [-0.05, 0) is 24.3 Å². The predicted octanol–water partition coefficient (Wildman–Crippen LogP) is 3.88. The van der Waals surface area contributed by atoms with Crippen LogP contribution < -0.4 is 0 Å². The lowest BCUT2D eigenvalue weighted by Gasteiger charge is -2.12. The molecule has 0 fully saturated rings. The number of carbonyl (C=O) groups excluding carboxylic acids is 1. The number of hydrogen-bond acceptors (Lipinski definition) is 2. The summed E-state index contributed by atoms with van der Waals surface area (Å²) in [6, 6.07) is 10.9. The van der Waals surface area contributed by atoms with E-state index in [2.05, 4.69) is 0 Å². The first-order chi connectivity index (χ1) is 10.6. The molecule has 0 N–H and O–H groups in total. The van der Waals surface area contributed by atoms with Crippen molar-refractivity contribution >= 4 is 5.97 Å². The highest BCUT2D eigenvalue weighted by Gasteiger charge is 2.22. The molecule has 0 aliphatic heterocycles. The summed E-state index contributed by atoms with van der Waals surface area (Å²) in [7, 11) is 1.23. The summed E-state index contributed by atoms with van der Waals surface area (Å²) in [5.74, 6) is -0.659. The second-order valence-corrected chi connectivity index (χ2v) is 4.63. The Kier molecular flexibility index (Phi) is 3.50. The summed E-state index contributed by atoms with van der Waals surface area (Å²) in [4.78, 5) is 13.0. The minimum absolute atomic E-state index is 0.111. The molecule has 0 saturated heterocycles. The highest BCUT2D eigenvalue weighted by atomic mass is 19.2. The molecule has 6 heteroatoms. The van der Waals surface area contributed by atoms with E-state index < -0.39 is 5.97 Å². The van der Waals surface area contributed by atoms with E-state index in [1.54, 1.807) is 18.2 Å². The molecule has 2 heterocycles. The molecule has 0 aliphatic carbocycles. The maximum absolute atomic E-state index is 13.8. The maximum atomic E-state index is 13.8. The first-order valence-corrected chi connectivity index (χ1v) is 6.52. The number of esters is 1. The van der Waals surface area contributed by atoms with Crippen LogP contribution in [-0.2, 0) is 4.74 Å². The Labute approximate surface area is 125 Å². The first kappa shape index (κ1) is 14.1. The van der Waals surface area contributed by atoms with Gasteiger partial charge in [0.1, 0.15) is 0 Å². The van der Waals surface area contributed by atoms with Gasteiger partial charge in [0.15, 0.2) is 0 Å². The van der Waals surface area contributed by atoms with E-state index in [1.165, 1.54) is 43.8 Å². The zero-order valence-electron chi connectivity index (χ0n) is 11.7. The van der Waals surface area contributed by atoms with Crippen molar-refractivity contribution in [3.63, 3.8) is 0 Å². The van der Waals surface area contributed by atoms with Crippen molar-refractivity contribution in [3.8, 4) is 22.5 Å². The molecular formula is C16H12F2N2O2. The number of benzene rings is 1. The number of aromatic nitrogens is 2. The second kappa shape index (κ2) is 5.48. The van der Waals surface area contributed by atoms with Crippen molar-refractivity contribution in [2.45, 2.75) is 0 Å². The van der Waals surface area contributed by atoms with Gasteiger partial charge in [0.05, 0.1) is 24.1 Å². The van der Waals surface area contributed by atoms with E-state index in [4.69, 9.17) is 4.74 Å². The molecule has 4 nitrogen and oxygen atoms in total. The maximum Gasteiger partial charge on any atom is 0.339 e. The van der Waals surface area contributed by atoms with E-state index >= 15 is 0 Å². The molecule has 112 valence electrons. The van der Waals surface area contributed by atoms with Crippen LogP contribution in [0.5, 0.6) is 0 Å². The number of methoxy groups -OCH3 is 1. The summed E-state index contributed by atoms with van der Waals surface area (Å²) in [6.45, 7) is 0. The lowest BCUT2D eigenvalue weighted by atomic mass is 9.97. The molecule has 0 radical (unpaired) electrons. The van der Waals surface area contributed by atoms with Gasteiger partial charge in [-0.3, -0.25) is 0 Å². The van der Waals surface area contributed by atoms with E-state index in [9.17, 15) is 13.8 Å². The molecule has 0 atom stereocenters. The molecule has 0 spiro atoms. The normalized spacial score (nSPS) is 10.7. The summed E-state index contributed by atoms with van der Waals surface area (Å²) in [6.07, 6.45) is 2.45. The predicted molar refractivity (Wildman–Crippen MR) is 77.6 cm³/mol. The largest absolute Gasteiger partial charge is 0.465 e. The van der Waals surface area contributed by atoms with Gasteiger partial charge in [-0.2, -0.15) is 9.58 Å². The average molecular weight is 302 g/mol. The number of hydrogen-bond donors (Lipinski definition) is 0. The van der Waals surface area contributed by atoms with Gasteiger partial charge in [-0.1, -0.05) is 27.2 Å². The Morgan fingerprint density at radius 1 is 0.909 bits per heavy atom. The quantitative estimate of drug-likeness (QED) is 0.688. The van der Waals surface area contributed by atoms with Crippen molar-refractivity contribution in [1.29, 1.82) is 0 Å². The molecular weight excluding hydrogens is 290 g/mol. The first-order valence-electron chi connectivity index (χ1n) is 6.52. The Morgan fingerprint density at radius 3 is 1.77 bits per heavy atom. The van der Waals surface area contributed by atoms with Gasteiger partial charge in [0, 0.05) is 23.5 Å². The topological polar surface area (TPSA) is 36.2 Å². The number of rotatable bonds is 3. The van der Waals surface area contributed by atoms with Crippen molar-refractivity contribution in [2.24, 2.45) is 0 Å². The Bertz CT molecular complexity index is 778. The Morgan fingerprint density at radius 2 is 1.41 bits per heavy atom. The number of halogens is 2. The van der Waals surface area contributed by atoms with E-state index in [-0.39, 0.29) is 17.0 Å². The van der Waals surface area contributed by atoms with Crippen molar-refractivity contribution in [1.82, 2.24) is 9.58 Å². The molecule has 0 saturated carbocycles. The monoisotopic (exact) mass is 302 g/mol. The van der Waals surface area contributed by atoms with Crippen molar-refractivity contribution < 1.29 is 18.5 Å². The molecule has 1 aromatic carbocycles. The van der Waals surface area contributed by atoms with Crippen LogP contribution >= 0.6 is 0 Å². The summed E-state index contributed by atoms with van der Waals surface area (Å²) >= 11 is 0. The van der Waals surface area contributed by atoms with Crippen LogP contribution in [0.4, 0.5) is 8.96 Å². The zero-order chi connectivity index (χ0) is 15.7. The minimum Gasteiger partial charge on any atom is -0.465 e. The highest BCUT2D eigenvalue weighted by molar-refractivity contribution is 6.03. The molecule has 0 unspecified atom stereocenters. The van der Waals surface area contributed by atoms with Gasteiger partial charge in [-0.25, -0.2) is 4.79 Å². The number of ether oxygens (including phenoxy) is 1. The molecule has 3 rings (SSSR count). The SMILES string of the molecule is COC(=O)c1c(-c2cccn2F)cccc1-c1cccn1F. The van der Waals surface area contributed by atoms with Gasteiger partial charge < -0.3 is 4.74 Å². The average Bonchev–Trinajstić information content (AvgIpc) is 3.14. The van der Waals surface area contributed by atoms with Gasteiger partial charge >= 0.3 is 5.97 Å². The third-order valence-electron chi connectivity index (χ3n) is 3.41. The lowest BCUT2D eigenvalue weighted by Crippen LogP contribution is -2.07. The Hall–Kier alpha value is -2.89. The molecule has 0 bridgehead atoms. The number of nitrogens with zero attached hydrogens (tertiary/aromatic N) is 2. The van der Waals surface area contributed by atoms with Crippen LogP contribution in [0.3, 0.4) is 0 Å². The van der Waals surface area contributed by atoms with Gasteiger partial charge in [0.2, 0.25) is 0 Å². The summed E-state index contributed by atoms with van der Waals surface area (Å²) < 4.78 is 32.4. The van der Waals surface area contributed by atoms with Crippen LogP contribution in [0.15, 0.2) is 54.9 Å². The Balaban J connectivity index is 2.31.